The quantitative estimate of drug-likeness (QED) is 0.714. The van der Waals surface area contributed by atoms with Gasteiger partial charge in [0, 0.05) is 23.7 Å². The Labute approximate surface area is 139 Å². The maximum absolute atomic E-state index is 13.2. The molecule has 0 saturated heterocycles. The van der Waals surface area contributed by atoms with Crippen LogP contribution in [0.15, 0.2) is 23.8 Å². The molecule has 0 N–H and O–H groups in total. The number of Topliss-reactive ketones (excluding diaryl/α,β-unsaturated/α-hetero) is 2. The Morgan fingerprint density at radius 1 is 1.26 bits per heavy atom. The molecule has 2 nitrogen and oxygen atoms in total. The summed E-state index contributed by atoms with van der Waals surface area (Å²) in [6, 6.07) is 0. The van der Waals surface area contributed by atoms with E-state index in [-0.39, 0.29) is 22.7 Å². The van der Waals surface area contributed by atoms with Gasteiger partial charge in [-0.15, -0.1) is 0 Å². The molecule has 0 unspecified atom stereocenters. The highest BCUT2D eigenvalue weighted by atomic mass is 16.1. The molecular weight excluding hydrogens is 284 g/mol. The number of hydrogen-bond donors (Lipinski definition) is 0. The van der Waals surface area contributed by atoms with Gasteiger partial charge in [-0.2, -0.15) is 0 Å². The SMILES string of the molecule is CC(=O)[C@H]1CC[C@H]2[C@@H]3CC=C4C=CCC[C@]4(C)[C@H]3C(=O)C[C@]12C. The van der Waals surface area contributed by atoms with E-state index in [1.54, 1.807) is 6.92 Å². The lowest BCUT2D eigenvalue weighted by Gasteiger charge is -2.55. The minimum Gasteiger partial charge on any atom is -0.300 e. The van der Waals surface area contributed by atoms with E-state index in [0.717, 1.165) is 32.1 Å². The number of rotatable bonds is 1. The molecule has 4 rings (SSSR count). The third-order valence-corrected chi connectivity index (χ3v) is 7.83. The molecular formula is C21H28O2. The van der Waals surface area contributed by atoms with Crippen molar-refractivity contribution >= 4 is 11.6 Å². The van der Waals surface area contributed by atoms with Crippen LogP contribution in [0.5, 0.6) is 0 Å². The van der Waals surface area contributed by atoms with Gasteiger partial charge in [-0.3, -0.25) is 9.59 Å². The molecule has 0 bridgehead atoms. The van der Waals surface area contributed by atoms with Crippen LogP contribution in [0.3, 0.4) is 0 Å². The first-order chi connectivity index (χ1) is 10.9. The summed E-state index contributed by atoms with van der Waals surface area (Å²) in [5.74, 6) is 1.99. The molecule has 0 aromatic rings. The van der Waals surface area contributed by atoms with Crippen LogP contribution in [0.1, 0.15) is 59.3 Å². The van der Waals surface area contributed by atoms with Crippen LogP contribution in [0.2, 0.25) is 0 Å². The lowest BCUT2D eigenvalue weighted by Crippen LogP contribution is -2.54. The summed E-state index contributed by atoms with van der Waals surface area (Å²) < 4.78 is 0. The zero-order valence-electron chi connectivity index (χ0n) is 14.6. The van der Waals surface area contributed by atoms with Crippen LogP contribution in [0.25, 0.3) is 0 Å². The molecule has 0 heterocycles. The molecule has 6 atom stereocenters. The maximum atomic E-state index is 13.2. The molecule has 0 radical (unpaired) electrons. The molecule has 2 heteroatoms. The van der Waals surface area contributed by atoms with Gasteiger partial charge in [-0.05, 0) is 61.9 Å². The van der Waals surface area contributed by atoms with Crippen LogP contribution < -0.4 is 0 Å². The molecule has 2 fully saturated rings. The molecule has 4 aliphatic carbocycles. The second-order valence-electron chi connectivity index (χ2n) is 8.89. The van der Waals surface area contributed by atoms with Crippen molar-refractivity contribution in [2.45, 2.75) is 59.3 Å². The van der Waals surface area contributed by atoms with Crippen molar-refractivity contribution in [1.29, 1.82) is 0 Å². The van der Waals surface area contributed by atoms with Gasteiger partial charge < -0.3 is 0 Å². The Bertz CT molecular complexity index is 628. The van der Waals surface area contributed by atoms with E-state index in [9.17, 15) is 9.59 Å². The van der Waals surface area contributed by atoms with Crippen molar-refractivity contribution in [2.24, 2.45) is 34.5 Å². The highest BCUT2D eigenvalue weighted by Crippen LogP contribution is 2.64. The maximum Gasteiger partial charge on any atom is 0.137 e. The van der Waals surface area contributed by atoms with Gasteiger partial charge in [-0.25, -0.2) is 0 Å². The van der Waals surface area contributed by atoms with Gasteiger partial charge in [0.2, 0.25) is 0 Å². The molecule has 4 aliphatic rings. The minimum atomic E-state index is -0.0870. The second-order valence-corrected chi connectivity index (χ2v) is 8.89. The molecule has 0 aromatic heterocycles. The van der Waals surface area contributed by atoms with E-state index < -0.39 is 0 Å². The van der Waals surface area contributed by atoms with Crippen molar-refractivity contribution in [3.63, 3.8) is 0 Å². The van der Waals surface area contributed by atoms with E-state index >= 15 is 0 Å². The Hall–Kier alpha value is -1.18. The second kappa shape index (κ2) is 4.91. The summed E-state index contributed by atoms with van der Waals surface area (Å²) in [5.41, 5.74) is 1.34. The summed E-state index contributed by atoms with van der Waals surface area (Å²) in [7, 11) is 0. The lowest BCUT2D eigenvalue weighted by molar-refractivity contribution is -0.145. The predicted octanol–water partition coefficient (Wildman–Crippen LogP) is 4.50. The largest absolute Gasteiger partial charge is 0.300 e. The van der Waals surface area contributed by atoms with Crippen molar-refractivity contribution in [2.75, 3.05) is 0 Å². The van der Waals surface area contributed by atoms with Gasteiger partial charge in [0.1, 0.15) is 11.6 Å². The van der Waals surface area contributed by atoms with E-state index in [2.05, 4.69) is 32.1 Å². The van der Waals surface area contributed by atoms with E-state index in [4.69, 9.17) is 0 Å². The highest BCUT2D eigenvalue weighted by Gasteiger charge is 2.61. The normalized spacial score (nSPS) is 48.3. The third-order valence-electron chi connectivity index (χ3n) is 7.83. The van der Waals surface area contributed by atoms with Crippen LogP contribution in [0, 0.1) is 34.5 Å². The molecule has 2 saturated carbocycles. The first-order valence-corrected chi connectivity index (χ1v) is 9.28. The van der Waals surface area contributed by atoms with Crippen LogP contribution in [-0.2, 0) is 9.59 Å². The van der Waals surface area contributed by atoms with Crippen LogP contribution in [0.4, 0.5) is 0 Å². The van der Waals surface area contributed by atoms with Gasteiger partial charge in [0.15, 0.2) is 0 Å². The summed E-state index contributed by atoms with van der Waals surface area (Å²) in [6.07, 6.45) is 12.9. The van der Waals surface area contributed by atoms with Gasteiger partial charge in [-0.1, -0.05) is 32.1 Å². The zero-order chi connectivity index (χ0) is 16.4. The van der Waals surface area contributed by atoms with E-state index in [0.29, 0.717) is 29.8 Å². The molecule has 23 heavy (non-hydrogen) atoms. The van der Waals surface area contributed by atoms with Crippen LogP contribution >= 0.6 is 0 Å². The van der Waals surface area contributed by atoms with E-state index in [1.807, 2.05) is 0 Å². The molecule has 0 spiro atoms. The minimum absolute atomic E-state index is 0.0321. The average Bonchev–Trinajstić information content (AvgIpc) is 2.82. The Kier molecular flexibility index (Phi) is 3.28. The fraction of sp³-hybridized carbons (Fsp3) is 0.714. The first-order valence-electron chi connectivity index (χ1n) is 9.28. The Morgan fingerprint density at radius 3 is 2.78 bits per heavy atom. The summed E-state index contributed by atoms with van der Waals surface area (Å²) in [4.78, 5) is 25.4. The number of ketones is 2. The van der Waals surface area contributed by atoms with Crippen molar-refractivity contribution < 1.29 is 9.59 Å². The van der Waals surface area contributed by atoms with Gasteiger partial charge in [0.25, 0.3) is 0 Å². The third kappa shape index (κ3) is 1.93. The lowest BCUT2D eigenvalue weighted by atomic mass is 9.47. The fourth-order valence-corrected chi connectivity index (χ4v) is 6.80. The number of allylic oxidation sites excluding steroid dienone is 4. The smallest absolute Gasteiger partial charge is 0.137 e. The van der Waals surface area contributed by atoms with Crippen LogP contribution in [-0.4, -0.2) is 11.6 Å². The number of fused-ring (bicyclic) bond motifs is 5. The molecule has 0 aliphatic heterocycles. The zero-order valence-corrected chi connectivity index (χ0v) is 14.6. The van der Waals surface area contributed by atoms with Crippen molar-refractivity contribution in [3.05, 3.63) is 23.8 Å². The highest BCUT2D eigenvalue weighted by molar-refractivity contribution is 5.87. The average molecular weight is 312 g/mol. The number of carbonyl (C=O) groups excluding carboxylic acids is 2. The molecule has 0 amide bonds. The molecule has 124 valence electrons. The fourth-order valence-electron chi connectivity index (χ4n) is 6.80. The topological polar surface area (TPSA) is 34.1 Å². The standard InChI is InChI=1S/C21H28O2/c1-13(22)16-9-10-17-15-8-7-14-6-4-5-11-20(14,2)19(15)18(23)12-21(16,17)3/h4,6-7,15-17,19H,5,8-12H2,1-3H3/t15-,16+,17-,19+,20-,21+/m0/s1. The molecule has 0 aromatic carbocycles. The van der Waals surface area contributed by atoms with Gasteiger partial charge in [0.05, 0.1) is 0 Å². The summed E-state index contributed by atoms with van der Waals surface area (Å²) in [5, 5.41) is 0. The number of hydrogen-bond acceptors (Lipinski definition) is 2. The summed E-state index contributed by atoms with van der Waals surface area (Å²) in [6.45, 7) is 6.27. The Morgan fingerprint density at radius 2 is 2.04 bits per heavy atom. The van der Waals surface area contributed by atoms with Crippen molar-refractivity contribution in [1.82, 2.24) is 0 Å². The summed E-state index contributed by atoms with van der Waals surface area (Å²) >= 11 is 0. The van der Waals surface area contributed by atoms with E-state index in [1.165, 1.54) is 5.57 Å². The first kappa shape index (κ1) is 15.4. The van der Waals surface area contributed by atoms with Crippen molar-refractivity contribution in [3.8, 4) is 0 Å². The Balaban J connectivity index is 1.76. The predicted molar refractivity (Wildman–Crippen MR) is 90.8 cm³/mol. The monoisotopic (exact) mass is 312 g/mol. The number of carbonyl (C=O) groups is 2. The van der Waals surface area contributed by atoms with Gasteiger partial charge >= 0.3 is 0 Å².